The second-order valence-corrected chi connectivity index (χ2v) is 7.02. The van der Waals surface area contributed by atoms with Crippen LogP contribution in [0.25, 0.3) is 10.8 Å². The molecule has 0 aliphatic heterocycles. The van der Waals surface area contributed by atoms with Crippen molar-refractivity contribution in [3.05, 3.63) is 60.2 Å². The maximum Gasteiger partial charge on any atom is 0.207 e. The van der Waals surface area contributed by atoms with E-state index in [9.17, 15) is 18.6 Å². The number of hydrogen-bond donors (Lipinski definition) is 2. The molecule has 4 nitrogen and oxygen atoms in total. The molecule has 0 saturated carbocycles. The Morgan fingerprint density at radius 1 is 0.864 bits per heavy atom. The van der Waals surface area contributed by atoms with Crippen molar-refractivity contribution in [2.75, 3.05) is 0 Å². The van der Waals surface area contributed by atoms with Crippen molar-refractivity contribution in [2.45, 2.75) is 16.7 Å². The molecular formula is C17H14O4S. The molecule has 112 valence electrons. The molecule has 3 rings (SSSR count). The lowest BCUT2D eigenvalue weighted by molar-refractivity contribution is 0.407. The van der Waals surface area contributed by atoms with Gasteiger partial charge in [0.05, 0.1) is 9.79 Å². The van der Waals surface area contributed by atoms with Gasteiger partial charge >= 0.3 is 0 Å². The molecule has 0 atom stereocenters. The lowest BCUT2D eigenvalue weighted by atomic mass is 10.1. The van der Waals surface area contributed by atoms with Gasteiger partial charge in [-0.15, -0.1) is 0 Å². The van der Waals surface area contributed by atoms with E-state index in [0.29, 0.717) is 10.8 Å². The van der Waals surface area contributed by atoms with Gasteiger partial charge in [0.15, 0.2) is 11.5 Å². The molecule has 0 heterocycles. The van der Waals surface area contributed by atoms with E-state index >= 15 is 0 Å². The first kappa shape index (κ1) is 14.4. The number of phenols is 2. The number of hydrogen-bond acceptors (Lipinski definition) is 4. The summed E-state index contributed by atoms with van der Waals surface area (Å²) in [6.07, 6.45) is 0. The van der Waals surface area contributed by atoms with Gasteiger partial charge in [-0.25, -0.2) is 8.42 Å². The number of phenolic OH excluding ortho intramolecular Hbond substituents is 2. The summed E-state index contributed by atoms with van der Waals surface area (Å²) in [6.45, 7) is 1.87. The minimum atomic E-state index is -3.79. The second-order valence-electron chi connectivity index (χ2n) is 5.10. The van der Waals surface area contributed by atoms with Gasteiger partial charge in [0.1, 0.15) is 0 Å². The Hall–Kier alpha value is -2.53. The Morgan fingerprint density at radius 3 is 2.09 bits per heavy atom. The molecular weight excluding hydrogens is 300 g/mol. The van der Waals surface area contributed by atoms with Crippen LogP contribution in [0.5, 0.6) is 11.5 Å². The van der Waals surface area contributed by atoms with Crippen molar-refractivity contribution >= 4 is 20.6 Å². The fraction of sp³-hybridized carbons (Fsp3) is 0.0588. The first-order chi connectivity index (χ1) is 10.4. The molecule has 3 aromatic rings. The fourth-order valence-corrected chi connectivity index (χ4v) is 3.86. The Balaban J connectivity index is 2.34. The van der Waals surface area contributed by atoms with Crippen molar-refractivity contribution in [3.8, 4) is 11.5 Å². The van der Waals surface area contributed by atoms with E-state index in [1.165, 1.54) is 12.1 Å². The van der Waals surface area contributed by atoms with Crippen molar-refractivity contribution in [3.63, 3.8) is 0 Å². The molecule has 0 aliphatic rings. The van der Waals surface area contributed by atoms with Crippen molar-refractivity contribution < 1.29 is 18.6 Å². The summed E-state index contributed by atoms with van der Waals surface area (Å²) in [4.78, 5) is 0.121. The molecule has 22 heavy (non-hydrogen) atoms. The Kier molecular flexibility index (Phi) is 3.30. The molecule has 0 aromatic heterocycles. The molecule has 5 heteroatoms. The summed E-state index contributed by atoms with van der Waals surface area (Å²) < 4.78 is 25.7. The van der Waals surface area contributed by atoms with Crippen LogP contribution in [-0.4, -0.2) is 18.6 Å². The number of rotatable bonds is 2. The van der Waals surface area contributed by atoms with Gasteiger partial charge in [0, 0.05) is 16.8 Å². The third kappa shape index (κ3) is 2.19. The third-order valence-electron chi connectivity index (χ3n) is 3.58. The molecule has 0 saturated heterocycles. The average Bonchev–Trinajstić information content (AvgIpc) is 2.51. The van der Waals surface area contributed by atoms with Gasteiger partial charge in [-0.2, -0.15) is 0 Å². The van der Waals surface area contributed by atoms with E-state index in [1.54, 1.807) is 36.4 Å². The fourth-order valence-electron chi connectivity index (χ4n) is 2.38. The first-order valence-electron chi connectivity index (χ1n) is 6.66. The molecule has 2 N–H and O–H groups in total. The van der Waals surface area contributed by atoms with Gasteiger partial charge in [-0.3, -0.25) is 0 Å². The number of aryl methyl sites for hydroxylation is 1. The maximum atomic E-state index is 12.8. The van der Waals surface area contributed by atoms with Crippen molar-refractivity contribution in [1.82, 2.24) is 0 Å². The summed E-state index contributed by atoms with van der Waals surface area (Å²) in [5.41, 5.74) is 0.956. The van der Waals surface area contributed by atoms with Crippen LogP contribution in [0.4, 0.5) is 0 Å². The van der Waals surface area contributed by atoms with Crippen molar-refractivity contribution in [1.29, 1.82) is 0 Å². The predicted molar refractivity (Wildman–Crippen MR) is 83.9 cm³/mol. The van der Waals surface area contributed by atoms with Crippen LogP contribution in [0, 0.1) is 6.92 Å². The van der Waals surface area contributed by atoms with Crippen LogP contribution in [0.3, 0.4) is 0 Å². The van der Waals surface area contributed by atoms with Crippen molar-refractivity contribution in [2.24, 2.45) is 0 Å². The van der Waals surface area contributed by atoms with E-state index in [1.807, 2.05) is 6.92 Å². The van der Waals surface area contributed by atoms with Crippen LogP contribution in [-0.2, 0) is 9.84 Å². The smallest absolute Gasteiger partial charge is 0.207 e. The van der Waals surface area contributed by atoms with E-state index in [0.717, 1.165) is 11.6 Å². The summed E-state index contributed by atoms with van der Waals surface area (Å²) >= 11 is 0. The monoisotopic (exact) mass is 314 g/mol. The lowest BCUT2D eigenvalue weighted by Gasteiger charge is -2.11. The van der Waals surface area contributed by atoms with Crippen LogP contribution in [0.1, 0.15) is 5.56 Å². The van der Waals surface area contributed by atoms with E-state index in [2.05, 4.69) is 0 Å². The molecule has 0 fully saturated rings. The predicted octanol–water partition coefficient (Wildman–Crippen LogP) is 3.39. The third-order valence-corrected chi connectivity index (χ3v) is 5.39. The summed E-state index contributed by atoms with van der Waals surface area (Å²) in [6, 6.07) is 14.1. The van der Waals surface area contributed by atoms with E-state index < -0.39 is 15.6 Å². The molecule has 0 bridgehead atoms. The summed E-state index contributed by atoms with van der Waals surface area (Å²) in [5, 5.41) is 20.4. The van der Waals surface area contributed by atoms with Gasteiger partial charge < -0.3 is 10.2 Å². The number of sulfone groups is 1. The topological polar surface area (TPSA) is 74.6 Å². The average molecular weight is 314 g/mol. The highest BCUT2D eigenvalue weighted by molar-refractivity contribution is 7.91. The Bertz CT molecular complexity index is 958. The highest BCUT2D eigenvalue weighted by Gasteiger charge is 2.23. The van der Waals surface area contributed by atoms with Gasteiger partial charge in [0.25, 0.3) is 0 Å². The van der Waals surface area contributed by atoms with Crippen LogP contribution in [0.2, 0.25) is 0 Å². The normalized spacial score (nSPS) is 11.7. The van der Waals surface area contributed by atoms with Crippen LogP contribution >= 0.6 is 0 Å². The highest BCUT2D eigenvalue weighted by atomic mass is 32.2. The molecule has 0 unspecified atom stereocenters. The lowest BCUT2D eigenvalue weighted by Crippen LogP contribution is -2.03. The molecule has 0 radical (unpaired) electrons. The van der Waals surface area contributed by atoms with Gasteiger partial charge in [0.2, 0.25) is 9.84 Å². The largest absolute Gasteiger partial charge is 0.504 e. The first-order valence-corrected chi connectivity index (χ1v) is 8.15. The highest BCUT2D eigenvalue weighted by Crippen LogP contribution is 2.39. The summed E-state index contributed by atoms with van der Waals surface area (Å²) in [7, 11) is -3.79. The quantitative estimate of drug-likeness (QED) is 0.711. The zero-order valence-electron chi connectivity index (χ0n) is 11.8. The number of benzene rings is 3. The Morgan fingerprint density at radius 2 is 1.45 bits per heavy atom. The molecule has 0 amide bonds. The van der Waals surface area contributed by atoms with Crippen LogP contribution < -0.4 is 0 Å². The van der Waals surface area contributed by atoms with Crippen LogP contribution in [0.15, 0.2) is 64.4 Å². The van der Waals surface area contributed by atoms with E-state index in [-0.39, 0.29) is 15.5 Å². The van der Waals surface area contributed by atoms with Gasteiger partial charge in [-0.1, -0.05) is 42.0 Å². The number of fused-ring (bicyclic) bond motifs is 1. The standard InChI is InChI=1S/C17H14O4S/c1-11-6-8-12(9-7-11)22(20,21)16-10-15(18)17(19)14-5-3-2-4-13(14)16/h2-10,18-19H,1H3. The minimum absolute atomic E-state index is 0.0257. The molecule has 0 aliphatic carbocycles. The summed E-state index contributed by atoms with van der Waals surface area (Å²) in [5.74, 6) is -0.775. The number of aromatic hydroxyl groups is 2. The zero-order chi connectivity index (χ0) is 15.9. The zero-order valence-corrected chi connectivity index (χ0v) is 12.6. The van der Waals surface area contributed by atoms with Gasteiger partial charge in [-0.05, 0) is 19.1 Å². The SMILES string of the molecule is Cc1ccc(S(=O)(=O)c2cc(O)c(O)c3ccccc23)cc1. The molecule has 0 spiro atoms. The van der Waals surface area contributed by atoms with E-state index in [4.69, 9.17) is 0 Å². The molecule has 3 aromatic carbocycles. The Labute approximate surface area is 128 Å². The minimum Gasteiger partial charge on any atom is -0.504 e. The maximum absolute atomic E-state index is 12.8. The second kappa shape index (κ2) is 5.03.